The van der Waals surface area contributed by atoms with Crippen LogP contribution < -0.4 is 5.32 Å². The van der Waals surface area contributed by atoms with Crippen molar-refractivity contribution in [3.05, 3.63) is 0 Å². The molecule has 1 aliphatic carbocycles. The molecule has 0 spiro atoms. The third-order valence-electron chi connectivity index (χ3n) is 4.95. The first-order chi connectivity index (χ1) is 11.8. The van der Waals surface area contributed by atoms with Crippen LogP contribution in [0.4, 0.5) is 4.79 Å². The molecule has 2 amide bonds. The summed E-state index contributed by atoms with van der Waals surface area (Å²) in [6, 6.07) is -0.625. The molecule has 25 heavy (non-hydrogen) atoms. The number of nitrogens with one attached hydrogen (secondary N) is 1. The van der Waals surface area contributed by atoms with Gasteiger partial charge in [-0.25, -0.2) is 4.79 Å². The van der Waals surface area contributed by atoms with Crippen molar-refractivity contribution in [2.75, 3.05) is 18.6 Å². The molecular formula is C19H36N2O3S. The first-order valence-electron chi connectivity index (χ1n) is 9.56. The number of carbonyl (C=O) groups is 2. The molecule has 1 aliphatic rings. The third-order valence-corrected chi connectivity index (χ3v) is 5.60. The molecule has 0 aromatic heterocycles. The molecule has 5 nitrogen and oxygen atoms in total. The highest BCUT2D eigenvalue weighted by Crippen LogP contribution is 2.27. The fourth-order valence-corrected chi connectivity index (χ4v) is 4.15. The standard InChI is InChI=1S/C19H36N2O3S/c1-19(2,3)21(18(23)24)16(12-14-25-4)17(22)20-13-8-11-15-9-6-5-7-10-15/h15-16H,5-14H2,1-4H3,(H,20,22)(H,23,24)/t16-/m1/s1. The zero-order chi connectivity index (χ0) is 18.9. The minimum absolute atomic E-state index is 0.157. The Morgan fingerprint density at radius 2 is 1.88 bits per heavy atom. The summed E-state index contributed by atoms with van der Waals surface area (Å²) in [5, 5.41) is 12.6. The van der Waals surface area contributed by atoms with Crippen LogP contribution in [0.3, 0.4) is 0 Å². The zero-order valence-electron chi connectivity index (χ0n) is 16.3. The molecule has 0 radical (unpaired) electrons. The number of nitrogens with zero attached hydrogens (tertiary/aromatic N) is 1. The van der Waals surface area contributed by atoms with E-state index in [4.69, 9.17) is 0 Å². The first kappa shape index (κ1) is 22.1. The van der Waals surface area contributed by atoms with Crippen LogP contribution >= 0.6 is 11.8 Å². The van der Waals surface area contributed by atoms with Gasteiger partial charge in [0.25, 0.3) is 0 Å². The predicted octanol–water partition coefficient (Wildman–Crippen LogP) is 4.36. The molecule has 0 aliphatic heterocycles. The van der Waals surface area contributed by atoms with Gasteiger partial charge in [-0.1, -0.05) is 32.1 Å². The lowest BCUT2D eigenvalue weighted by Gasteiger charge is -2.38. The number of carboxylic acid groups (broad SMARTS) is 1. The van der Waals surface area contributed by atoms with Crippen molar-refractivity contribution in [3.8, 4) is 0 Å². The van der Waals surface area contributed by atoms with E-state index in [1.807, 2.05) is 27.0 Å². The number of carbonyl (C=O) groups excluding carboxylic acids is 1. The summed E-state index contributed by atoms with van der Waals surface area (Å²) in [6.45, 7) is 6.15. The van der Waals surface area contributed by atoms with Gasteiger partial charge in [-0.05, 0) is 58.0 Å². The van der Waals surface area contributed by atoms with E-state index in [0.29, 0.717) is 13.0 Å². The molecule has 0 unspecified atom stereocenters. The third kappa shape index (κ3) is 7.89. The van der Waals surface area contributed by atoms with Crippen LogP contribution in [0.2, 0.25) is 0 Å². The summed E-state index contributed by atoms with van der Waals surface area (Å²) in [5.74, 6) is 1.41. The van der Waals surface area contributed by atoms with Crippen LogP contribution in [0.25, 0.3) is 0 Å². The molecule has 1 saturated carbocycles. The van der Waals surface area contributed by atoms with E-state index in [1.54, 1.807) is 11.8 Å². The second-order valence-electron chi connectivity index (χ2n) is 8.06. The minimum atomic E-state index is -1.03. The van der Waals surface area contributed by atoms with E-state index in [9.17, 15) is 14.7 Å². The van der Waals surface area contributed by atoms with Gasteiger partial charge in [0.1, 0.15) is 6.04 Å². The molecule has 1 rings (SSSR count). The Morgan fingerprint density at radius 1 is 1.24 bits per heavy atom. The highest BCUT2D eigenvalue weighted by molar-refractivity contribution is 7.98. The number of hydrogen-bond donors (Lipinski definition) is 2. The van der Waals surface area contributed by atoms with Crippen molar-refractivity contribution in [1.29, 1.82) is 0 Å². The number of rotatable bonds is 9. The van der Waals surface area contributed by atoms with Gasteiger partial charge in [0.15, 0.2) is 0 Å². The van der Waals surface area contributed by atoms with Crippen molar-refractivity contribution >= 4 is 23.8 Å². The molecule has 0 aromatic carbocycles. The van der Waals surface area contributed by atoms with Crippen LogP contribution in [0, 0.1) is 5.92 Å². The highest BCUT2D eigenvalue weighted by atomic mass is 32.2. The monoisotopic (exact) mass is 372 g/mol. The van der Waals surface area contributed by atoms with E-state index < -0.39 is 17.7 Å². The lowest BCUT2D eigenvalue weighted by Crippen LogP contribution is -2.57. The van der Waals surface area contributed by atoms with Crippen LogP contribution in [0.15, 0.2) is 0 Å². The van der Waals surface area contributed by atoms with Gasteiger partial charge in [-0.3, -0.25) is 9.69 Å². The van der Waals surface area contributed by atoms with Gasteiger partial charge >= 0.3 is 6.09 Å². The molecule has 0 heterocycles. The van der Waals surface area contributed by atoms with Crippen LogP contribution in [-0.2, 0) is 4.79 Å². The topological polar surface area (TPSA) is 69.6 Å². The van der Waals surface area contributed by atoms with Crippen molar-refractivity contribution in [1.82, 2.24) is 10.2 Å². The maximum Gasteiger partial charge on any atom is 0.408 e. The van der Waals surface area contributed by atoms with Crippen molar-refractivity contribution in [3.63, 3.8) is 0 Å². The van der Waals surface area contributed by atoms with Gasteiger partial charge in [-0.2, -0.15) is 11.8 Å². The second-order valence-corrected chi connectivity index (χ2v) is 9.04. The smallest absolute Gasteiger partial charge is 0.408 e. The SMILES string of the molecule is CSCC[C@H](C(=O)NCCCC1CCCCC1)N(C(=O)O)C(C)(C)C. The molecule has 6 heteroatoms. The first-order valence-corrected chi connectivity index (χ1v) is 11.0. The van der Waals surface area contributed by atoms with E-state index in [1.165, 1.54) is 37.0 Å². The molecule has 0 aromatic rings. The molecule has 1 atom stereocenters. The summed E-state index contributed by atoms with van der Waals surface area (Å²) >= 11 is 1.63. The lowest BCUT2D eigenvalue weighted by molar-refractivity contribution is -0.127. The Hall–Kier alpha value is -0.910. The minimum Gasteiger partial charge on any atom is -0.465 e. The van der Waals surface area contributed by atoms with Gasteiger partial charge in [0.2, 0.25) is 5.91 Å². The number of hydrogen-bond acceptors (Lipinski definition) is 3. The molecule has 1 fully saturated rings. The van der Waals surface area contributed by atoms with Gasteiger partial charge in [0, 0.05) is 12.1 Å². The van der Waals surface area contributed by atoms with Gasteiger partial charge < -0.3 is 10.4 Å². The van der Waals surface area contributed by atoms with E-state index in [0.717, 1.165) is 24.5 Å². The van der Waals surface area contributed by atoms with E-state index >= 15 is 0 Å². The average Bonchev–Trinajstić information content (AvgIpc) is 2.54. The number of thioether (sulfide) groups is 1. The highest BCUT2D eigenvalue weighted by Gasteiger charge is 2.36. The summed E-state index contributed by atoms with van der Waals surface area (Å²) in [4.78, 5) is 25.7. The average molecular weight is 373 g/mol. The maximum atomic E-state index is 12.7. The molecule has 0 bridgehead atoms. The fourth-order valence-electron chi connectivity index (χ4n) is 3.69. The Kier molecular flexibility index (Phi) is 9.69. The van der Waals surface area contributed by atoms with E-state index in [2.05, 4.69) is 5.32 Å². The molecule has 2 N–H and O–H groups in total. The summed E-state index contributed by atoms with van der Waals surface area (Å²) in [6.07, 6.45) is 10.3. The van der Waals surface area contributed by atoms with Gasteiger partial charge in [0.05, 0.1) is 0 Å². The second kappa shape index (κ2) is 10.9. The van der Waals surface area contributed by atoms with Crippen molar-refractivity contribution in [2.24, 2.45) is 5.92 Å². The Bertz CT molecular complexity index is 417. The number of amides is 2. The van der Waals surface area contributed by atoms with Crippen LogP contribution in [0.5, 0.6) is 0 Å². The normalized spacial score (nSPS) is 17.1. The van der Waals surface area contributed by atoms with Crippen LogP contribution in [-0.4, -0.2) is 52.1 Å². The Labute approximate surface area is 157 Å². The fraction of sp³-hybridized carbons (Fsp3) is 0.895. The largest absolute Gasteiger partial charge is 0.465 e. The van der Waals surface area contributed by atoms with Crippen molar-refractivity contribution in [2.45, 2.75) is 83.7 Å². The molecular weight excluding hydrogens is 336 g/mol. The molecule has 0 saturated heterocycles. The van der Waals surface area contributed by atoms with Gasteiger partial charge in [-0.15, -0.1) is 0 Å². The lowest BCUT2D eigenvalue weighted by atomic mass is 9.86. The zero-order valence-corrected chi connectivity index (χ0v) is 17.2. The predicted molar refractivity (Wildman–Crippen MR) is 105 cm³/mol. The van der Waals surface area contributed by atoms with E-state index in [-0.39, 0.29) is 5.91 Å². The summed E-state index contributed by atoms with van der Waals surface area (Å²) in [5.41, 5.74) is -0.603. The summed E-state index contributed by atoms with van der Waals surface area (Å²) < 4.78 is 0. The van der Waals surface area contributed by atoms with Crippen molar-refractivity contribution < 1.29 is 14.7 Å². The maximum absolute atomic E-state index is 12.7. The van der Waals surface area contributed by atoms with Crippen LogP contribution in [0.1, 0.15) is 72.1 Å². The Morgan fingerprint density at radius 3 is 2.40 bits per heavy atom. The molecule has 146 valence electrons. The quantitative estimate of drug-likeness (QED) is 0.590. The summed E-state index contributed by atoms with van der Waals surface area (Å²) in [7, 11) is 0. The Balaban J connectivity index is 2.55.